The average Bonchev–Trinajstić information content (AvgIpc) is 4.24. The summed E-state index contributed by atoms with van der Waals surface area (Å²) in [6, 6.07) is 83.3. The quantitative estimate of drug-likeness (QED) is 0.176. The Labute approximate surface area is 409 Å². The van der Waals surface area contributed by atoms with Gasteiger partial charge in [0.2, 0.25) is 5.89 Å². The van der Waals surface area contributed by atoms with Gasteiger partial charge >= 0.3 is 0 Å². The molecule has 328 valence electrons. The highest BCUT2D eigenvalue weighted by Crippen LogP contribution is 2.64. The van der Waals surface area contributed by atoms with Crippen molar-refractivity contribution < 1.29 is 4.42 Å². The maximum Gasteiger partial charge on any atom is 0.227 e. The number of aromatic nitrogens is 4. The molecular weight excluding hydrogens is 865 g/mol. The van der Waals surface area contributed by atoms with Gasteiger partial charge in [-0.1, -0.05) is 194 Å². The molecule has 4 aliphatic carbocycles. The summed E-state index contributed by atoms with van der Waals surface area (Å²) in [6.07, 6.45) is 0. The Morgan fingerprint density at radius 1 is 0.254 bits per heavy atom. The molecule has 16 rings (SSSR count). The Morgan fingerprint density at radius 3 is 0.958 bits per heavy atom. The molecule has 71 heavy (non-hydrogen) atoms. The van der Waals surface area contributed by atoms with Crippen LogP contribution in [0.4, 0.5) is 0 Å². The maximum absolute atomic E-state index is 6.19. The topological polar surface area (TPSA) is 64.7 Å². The molecule has 0 unspecified atom stereocenters. The van der Waals surface area contributed by atoms with Crippen molar-refractivity contribution in [3.8, 4) is 90.1 Å². The molecule has 0 saturated heterocycles. The van der Waals surface area contributed by atoms with Gasteiger partial charge in [0.05, 0.1) is 10.8 Å². The van der Waals surface area contributed by atoms with Gasteiger partial charge in [0.25, 0.3) is 0 Å². The smallest absolute Gasteiger partial charge is 0.227 e. The second kappa shape index (κ2) is 14.1. The van der Waals surface area contributed by atoms with E-state index < -0.39 is 10.8 Å². The van der Waals surface area contributed by atoms with Gasteiger partial charge in [-0.15, -0.1) is 0 Å². The van der Waals surface area contributed by atoms with Crippen molar-refractivity contribution in [3.05, 3.63) is 275 Å². The van der Waals surface area contributed by atoms with Crippen LogP contribution in [0.3, 0.4) is 0 Å². The molecule has 4 aliphatic rings. The molecule has 0 saturated carbocycles. The number of oxazole rings is 1. The average molecular weight is 903 g/mol. The number of fused-ring (bicyclic) bond motifs is 21. The minimum atomic E-state index is -0.508. The van der Waals surface area contributed by atoms with Crippen molar-refractivity contribution >= 4 is 11.1 Å². The normalized spacial score (nSPS) is 14.1. The highest BCUT2D eigenvalue weighted by atomic mass is 16.3. The minimum absolute atomic E-state index is 0.508. The molecular formula is C66H38N4O. The summed E-state index contributed by atoms with van der Waals surface area (Å²) in [5.41, 5.74) is 24.4. The molecule has 2 spiro atoms. The lowest BCUT2D eigenvalue weighted by atomic mass is 9.70. The number of benzene rings is 10. The molecule has 0 aliphatic heterocycles. The Bertz CT molecular complexity index is 3890. The van der Waals surface area contributed by atoms with E-state index in [1.807, 2.05) is 36.4 Å². The molecule has 2 aromatic heterocycles. The minimum Gasteiger partial charge on any atom is -0.436 e. The zero-order valence-corrected chi connectivity index (χ0v) is 38.1. The van der Waals surface area contributed by atoms with Crippen molar-refractivity contribution in [2.75, 3.05) is 0 Å². The second-order valence-electron chi connectivity index (χ2n) is 19.2. The number of hydrogen-bond donors (Lipinski definition) is 0. The van der Waals surface area contributed by atoms with E-state index in [1.54, 1.807) is 0 Å². The summed E-state index contributed by atoms with van der Waals surface area (Å²) in [5.74, 6) is 2.37. The van der Waals surface area contributed by atoms with Crippen molar-refractivity contribution in [1.29, 1.82) is 0 Å². The van der Waals surface area contributed by atoms with Crippen LogP contribution in [-0.4, -0.2) is 19.9 Å². The van der Waals surface area contributed by atoms with E-state index in [0.717, 1.165) is 33.4 Å². The fourth-order valence-electron chi connectivity index (χ4n) is 13.0. The van der Waals surface area contributed by atoms with Crippen LogP contribution in [0.15, 0.2) is 235 Å². The number of rotatable bonds is 4. The summed E-state index contributed by atoms with van der Waals surface area (Å²) in [5, 5.41) is 0. The zero-order valence-electron chi connectivity index (χ0n) is 38.1. The van der Waals surface area contributed by atoms with Crippen LogP contribution < -0.4 is 0 Å². The maximum atomic E-state index is 6.19. The second-order valence-corrected chi connectivity index (χ2v) is 19.2. The molecule has 0 fully saturated rings. The van der Waals surface area contributed by atoms with Crippen molar-refractivity contribution in [2.45, 2.75) is 10.8 Å². The first-order valence-electron chi connectivity index (χ1n) is 24.3. The highest BCUT2D eigenvalue weighted by molar-refractivity contribution is 5.98. The van der Waals surface area contributed by atoms with E-state index in [-0.39, 0.29) is 0 Å². The molecule has 10 aromatic carbocycles. The summed E-state index contributed by atoms with van der Waals surface area (Å²) in [6.45, 7) is 0. The third-order valence-corrected chi connectivity index (χ3v) is 15.8. The Kier molecular flexibility index (Phi) is 7.69. The predicted octanol–water partition coefficient (Wildman–Crippen LogP) is 15.4. The Balaban J connectivity index is 0.916. The van der Waals surface area contributed by atoms with Crippen LogP contribution in [0.25, 0.3) is 101 Å². The zero-order chi connectivity index (χ0) is 46.4. The van der Waals surface area contributed by atoms with Crippen LogP contribution in [0, 0.1) is 0 Å². The van der Waals surface area contributed by atoms with E-state index in [1.165, 1.54) is 89.0 Å². The lowest BCUT2D eigenvalue weighted by Gasteiger charge is -2.30. The van der Waals surface area contributed by atoms with Gasteiger partial charge in [-0.05, 0) is 125 Å². The first-order valence-corrected chi connectivity index (χ1v) is 24.3. The van der Waals surface area contributed by atoms with E-state index in [2.05, 4.69) is 194 Å². The van der Waals surface area contributed by atoms with Crippen molar-refractivity contribution in [3.63, 3.8) is 0 Å². The number of para-hydroxylation sites is 2. The molecule has 0 bridgehead atoms. The molecule has 5 heteroatoms. The van der Waals surface area contributed by atoms with Gasteiger partial charge in [-0.25, -0.2) is 19.9 Å². The third-order valence-electron chi connectivity index (χ3n) is 15.8. The van der Waals surface area contributed by atoms with Crippen LogP contribution in [0.5, 0.6) is 0 Å². The summed E-state index contributed by atoms with van der Waals surface area (Å²) in [7, 11) is 0. The Morgan fingerprint density at radius 2 is 0.563 bits per heavy atom. The number of hydrogen-bond acceptors (Lipinski definition) is 5. The number of nitrogens with zero attached hydrogens (tertiary/aromatic N) is 4. The van der Waals surface area contributed by atoms with Gasteiger partial charge in [-0.2, -0.15) is 0 Å². The van der Waals surface area contributed by atoms with Crippen molar-refractivity contribution in [1.82, 2.24) is 19.9 Å². The SMILES string of the molecule is c1ccc2c(c1)-c1ccccc1C21c2ccccc2-c2ccc(-c3nc(-c4ccc(-c5nc6ccccc6o5)cc4)nc(-c4ccc5c(c4)C4(c6ccccc6-c6ccccc64)c4ccccc4-5)n3)cc21. The lowest BCUT2D eigenvalue weighted by molar-refractivity contribution is 0.620. The molecule has 0 N–H and O–H groups in total. The predicted molar refractivity (Wildman–Crippen MR) is 282 cm³/mol. The van der Waals surface area contributed by atoms with Crippen molar-refractivity contribution in [2.24, 2.45) is 0 Å². The van der Waals surface area contributed by atoms with E-state index in [4.69, 9.17) is 24.4 Å². The first kappa shape index (κ1) is 38.6. The molecule has 12 aromatic rings. The third kappa shape index (κ3) is 5.04. The molecule has 5 nitrogen and oxygen atoms in total. The molecule has 0 atom stereocenters. The van der Waals surface area contributed by atoms with Crippen LogP contribution >= 0.6 is 0 Å². The standard InChI is InChI=1S/C66H38N4O/c1-7-21-51-43(15-1)44-16-2-8-22-52(44)65(51)55-25-11-5-19-47(55)49-35-33-41(37-57(49)65)62-68-61(39-29-31-40(32-30-39)64-67-59-27-13-14-28-60(59)71-64)69-63(70-62)42-34-36-50-48-20-6-12-26-56(48)66(58(50)38-42)53-23-9-3-17-45(53)46-18-4-10-24-54(46)66/h1-38H. The molecule has 2 heterocycles. The fraction of sp³-hybridized carbons (Fsp3) is 0.0303. The van der Waals surface area contributed by atoms with Gasteiger partial charge < -0.3 is 4.42 Å². The van der Waals surface area contributed by atoms with Gasteiger partial charge in [-0.3, -0.25) is 0 Å². The van der Waals surface area contributed by atoms with Gasteiger partial charge in [0, 0.05) is 22.3 Å². The van der Waals surface area contributed by atoms with Crippen LogP contribution in [0.1, 0.15) is 44.5 Å². The summed E-state index contributed by atoms with van der Waals surface area (Å²) >= 11 is 0. The summed E-state index contributed by atoms with van der Waals surface area (Å²) in [4.78, 5) is 21.1. The highest BCUT2D eigenvalue weighted by Gasteiger charge is 2.53. The van der Waals surface area contributed by atoms with E-state index >= 15 is 0 Å². The van der Waals surface area contributed by atoms with Gasteiger partial charge in [0.15, 0.2) is 23.1 Å². The molecule has 0 amide bonds. The first-order chi connectivity index (χ1) is 35.2. The largest absolute Gasteiger partial charge is 0.436 e. The van der Waals surface area contributed by atoms with Crippen LogP contribution in [0.2, 0.25) is 0 Å². The monoisotopic (exact) mass is 902 g/mol. The molecule has 0 radical (unpaired) electrons. The van der Waals surface area contributed by atoms with E-state index in [9.17, 15) is 0 Å². The van der Waals surface area contributed by atoms with Gasteiger partial charge in [0.1, 0.15) is 5.52 Å². The van der Waals surface area contributed by atoms with E-state index in [0.29, 0.717) is 23.4 Å². The van der Waals surface area contributed by atoms with Crippen LogP contribution in [-0.2, 0) is 10.8 Å². The summed E-state index contributed by atoms with van der Waals surface area (Å²) < 4.78 is 6.19. The fourth-order valence-corrected chi connectivity index (χ4v) is 13.0. The lowest BCUT2D eigenvalue weighted by Crippen LogP contribution is -2.26. The Hall–Kier alpha value is -9.32.